The van der Waals surface area contributed by atoms with Gasteiger partial charge < -0.3 is 4.79 Å². The van der Waals surface area contributed by atoms with Crippen molar-refractivity contribution in [2.24, 2.45) is 0 Å². The van der Waals surface area contributed by atoms with Gasteiger partial charge in [-0.1, -0.05) is 17.8 Å². The van der Waals surface area contributed by atoms with Gasteiger partial charge in [0.1, 0.15) is 17.0 Å². The van der Waals surface area contributed by atoms with E-state index in [0.29, 0.717) is 10.7 Å². The fraction of sp³-hybridized carbons (Fsp3) is 0.231. The number of hydrogen-bond acceptors (Lipinski definition) is 5. The fourth-order valence-electron chi connectivity index (χ4n) is 1.35. The molecule has 0 bridgehead atoms. The SMILES string of the molecule is CC(C)(C=O)Sc1nccnc1-c1ccccn1. The van der Waals surface area contributed by atoms with Crippen molar-refractivity contribution in [2.75, 3.05) is 0 Å². The first-order chi connectivity index (χ1) is 8.62. The van der Waals surface area contributed by atoms with Crippen molar-refractivity contribution in [3.8, 4) is 11.4 Å². The van der Waals surface area contributed by atoms with Crippen LogP contribution in [0.25, 0.3) is 11.4 Å². The van der Waals surface area contributed by atoms with E-state index >= 15 is 0 Å². The van der Waals surface area contributed by atoms with E-state index in [1.165, 1.54) is 11.8 Å². The van der Waals surface area contributed by atoms with Gasteiger partial charge in [0.25, 0.3) is 0 Å². The summed E-state index contributed by atoms with van der Waals surface area (Å²) in [7, 11) is 0. The van der Waals surface area contributed by atoms with Gasteiger partial charge in [0, 0.05) is 18.6 Å². The van der Waals surface area contributed by atoms with Gasteiger partial charge in [-0.05, 0) is 26.0 Å². The second-order valence-corrected chi connectivity index (χ2v) is 5.89. The van der Waals surface area contributed by atoms with Crippen molar-refractivity contribution in [3.63, 3.8) is 0 Å². The van der Waals surface area contributed by atoms with Crippen molar-refractivity contribution in [3.05, 3.63) is 36.8 Å². The number of thioether (sulfide) groups is 1. The highest BCUT2D eigenvalue weighted by Crippen LogP contribution is 2.34. The summed E-state index contributed by atoms with van der Waals surface area (Å²) in [5.74, 6) is 0. The topological polar surface area (TPSA) is 55.7 Å². The largest absolute Gasteiger partial charge is 0.302 e. The molecule has 2 rings (SSSR count). The highest BCUT2D eigenvalue weighted by atomic mass is 32.2. The third-order valence-electron chi connectivity index (χ3n) is 2.22. The molecule has 0 fully saturated rings. The number of rotatable bonds is 4. The number of aromatic nitrogens is 3. The van der Waals surface area contributed by atoms with Crippen molar-refractivity contribution >= 4 is 18.0 Å². The van der Waals surface area contributed by atoms with Crippen molar-refractivity contribution in [1.82, 2.24) is 15.0 Å². The summed E-state index contributed by atoms with van der Waals surface area (Å²) in [4.78, 5) is 23.9. The summed E-state index contributed by atoms with van der Waals surface area (Å²) in [6, 6.07) is 5.63. The predicted molar refractivity (Wildman–Crippen MR) is 71.3 cm³/mol. The number of carbonyl (C=O) groups is 1. The molecule has 0 aliphatic carbocycles. The molecule has 0 aromatic carbocycles. The summed E-state index contributed by atoms with van der Waals surface area (Å²) in [6.45, 7) is 3.70. The van der Waals surface area contributed by atoms with E-state index < -0.39 is 4.75 Å². The lowest BCUT2D eigenvalue weighted by molar-refractivity contribution is -0.109. The van der Waals surface area contributed by atoms with Crippen LogP contribution in [-0.4, -0.2) is 26.0 Å². The van der Waals surface area contributed by atoms with Gasteiger partial charge in [0.05, 0.1) is 10.4 Å². The van der Waals surface area contributed by atoms with Gasteiger partial charge in [-0.15, -0.1) is 0 Å². The number of aldehydes is 1. The lowest BCUT2D eigenvalue weighted by Gasteiger charge is -2.16. The zero-order valence-electron chi connectivity index (χ0n) is 10.2. The molecule has 0 atom stereocenters. The lowest BCUT2D eigenvalue weighted by atomic mass is 10.2. The van der Waals surface area contributed by atoms with E-state index in [-0.39, 0.29) is 0 Å². The fourth-order valence-corrected chi connectivity index (χ4v) is 2.27. The Balaban J connectivity index is 2.41. The molecule has 0 radical (unpaired) electrons. The van der Waals surface area contributed by atoms with Gasteiger partial charge >= 0.3 is 0 Å². The third kappa shape index (κ3) is 2.92. The molecule has 0 aliphatic rings. The standard InChI is InChI=1S/C13H13N3OS/c1-13(2,9-17)18-12-11(15-7-8-16-12)10-5-3-4-6-14-10/h3-9H,1-2H3. The monoisotopic (exact) mass is 259 g/mol. The molecule has 0 spiro atoms. The van der Waals surface area contributed by atoms with Crippen LogP contribution in [-0.2, 0) is 4.79 Å². The van der Waals surface area contributed by atoms with Crippen LogP contribution in [0.4, 0.5) is 0 Å². The molecule has 0 N–H and O–H groups in total. The highest BCUT2D eigenvalue weighted by molar-refractivity contribution is 8.01. The second kappa shape index (κ2) is 5.27. The highest BCUT2D eigenvalue weighted by Gasteiger charge is 2.22. The van der Waals surface area contributed by atoms with Crippen LogP contribution in [0.1, 0.15) is 13.8 Å². The van der Waals surface area contributed by atoms with Crippen LogP contribution in [0, 0.1) is 0 Å². The maximum absolute atomic E-state index is 11.0. The van der Waals surface area contributed by atoms with E-state index in [4.69, 9.17) is 0 Å². The Bertz CT molecular complexity index is 543. The van der Waals surface area contributed by atoms with Crippen LogP contribution in [0.3, 0.4) is 0 Å². The van der Waals surface area contributed by atoms with Gasteiger partial charge in [-0.3, -0.25) is 9.97 Å². The van der Waals surface area contributed by atoms with Crippen LogP contribution in [0.5, 0.6) is 0 Å². The molecular formula is C13H13N3OS. The number of nitrogens with zero attached hydrogens (tertiary/aromatic N) is 3. The van der Waals surface area contributed by atoms with Gasteiger partial charge in [-0.2, -0.15) is 0 Å². The summed E-state index contributed by atoms with van der Waals surface area (Å²) < 4.78 is -0.528. The van der Waals surface area contributed by atoms with E-state index in [1.807, 2.05) is 32.0 Å². The average molecular weight is 259 g/mol. The molecule has 0 saturated heterocycles. The van der Waals surface area contributed by atoms with Gasteiger partial charge in [0.15, 0.2) is 0 Å². The van der Waals surface area contributed by atoms with E-state index in [1.54, 1.807) is 18.6 Å². The minimum absolute atomic E-state index is 0.528. The summed E-state index contributed by atoms with van der Waals surface area (Å²) in [5, 5.41) is 0.716. The molecule has 4 nitrogen and oxygen atoms in total. The van der Waals surface area contributed by atoms with E-state index in [9.17, 15) is 4.79 Å². The molecule has 92 valence electrons. The lowest BCUT2D eigenvalue weighted by Crippen LogP contribution is -2.16. The molecule has 2 heterocycles. The van der Waals surface area contributed by atoms with Gasteiger partial charge in [-0.25, -0.2) is 4.98 Å². The molecular weight excluding hydrogens is 246 g/mol. The normalized spacial score (nSPS) is 11.2. The Morgan fingerprint density at radius 1 is 1.11 bits per heavy atom. The quantitative estimate of drug-likeness (QED) is 0.624. The molecule has 2 aromatic rings. The van der Waals surface area contributed by atoms with Gasteiger partial charge in [0.2, 0.25) is 0 Å². The minimum atomic E-state index is -0.528. The Labute approximate surface area is 110 Å². The average Bonchev–Trinajstić information content (AvgIpc) is 2.40. The predicted octanol–water partition coefficient (Wildman–Crippen LogP) is 2.61. The zero-order chi connectivity index (χ0) is 13.0. The third-order valence-corrected chi connectivity index (χ3v) is 3.33. The van der Waals surface area contributed by atoms with Crippen LogP contribution in [0.2, 0.25) is 0 Å². The van der Waals surface area contributed by atoms with Crippen molar-refractivity contribution in [2.45, 2.75) is 23.6 Å². The zero-order valence-corrected chi connectivity index (χ0v) is 11.0. The van der Waals surface area contributed by atoms with Crippen molar-refractivity contribution in [1.29, 1.82) is 0 Å². The number of pyridine rings is 1. The number of carbonyl (C=O) groups excluding carboxylic acids is 1. The van der Waals surface area contributed by atoms with Crippen LogP contribution in [0.15, 0.2) is 41.8 Å². The second-order valence-electron chi connectivity index (χ2n) is 4.25. The maximum Gasteiger partial charge on any atom is 0.135 e. The Morgan fingerprint density at radius 3 is 2.56 bits per heavy atom. The first kappa shape index (κ1) is 12.7. The molecule has 18 heavy (non-hydrogen) atoms. The molecule has 0 saturated carbocycles. The van der Waals surface area contributed by atoms with E-state index in [2.05, 4.69) is 15.0 Å². The Hall–Kier alpha value is -1.75. The molecule has 0 amide bonds. The number of hydrogen-bond donors (Lipinski definition) is 0. The first-order valence-corrected chi connectivity index (χ1v) is 6.32. The molecule has 0 unspecified atom stereocenters. The minimum Gasteiger partial charge on any atom is -0.302 e. The van der Waals surface area contributed by atoms with Crippen LogP contribution >= 0.6 is 11.8 Å². The molecule has 2 aromatic heterocycles. The summed E-state index contributed by atoms with van der Waals surface area (Å²) >= 11 is 1.39. The molecule has 5 heteroatoms. The Morgan fingerprint density at radius 2 is 1.89 bits per heavy atom. The Kier molecular flexibility index (Phi) is 3.72. The molecule has 0 aliphatic heterocycles. The van der Waals surface area contributed by atoms with Crippen molar-refractivity contribution < 1.29 is 4.79 Å². The van der Waals surface area contributed by atoms with Crippen LogP contribution < -0.4 is 0 Å². The smallest absolute Gasteiger partial charge is 0.135 e. The summed E-state index contributed by atoms with van der Waals surface area (Å²) in [5.41, 5.74) is 1.47. The maximum atomic E-state index is 11.0. The first-order valence-electron chi connectivity index (χ1n) is 5.50. The summed E-state index contributed by atoms with van der Waals surface area (Å²) in [6.07, 6.45) is 5.87. The van der Waals surface area contributed by atoms with E-state index in [0.717, 1.165) is 12.0 Å².